The quantitative estimate of drug-likeness (QED) is 0.697. The highest BCUT2D eigenvalue weighted by Gasteiger charge is 2.02. The number of benzene rings is 1. The van der Waals surface area contributed by atoms with Crippen molar-refractivity contribution in [1.82, 2.24) is 9.97 Å². The van der Waals surface area contributed by atoms with Crippen molar-refractivity contribution >= 4 is 10.9 Å². The SMILES string of the molecule is N#Cc1cccc(Oc2cnc3ccccc3c2)n1. The smallest absolute Gasteiger partial charge is 0.220 e. The van der Waals surface area contributed by atoms with Crippen molar-refractivity contribution in [2.45, 2.75) is 0 Å². The van der Waals surface area contributed by atoms with Gasteiger partial charge in [-0.25, -0.2) is 4.98 Å². The van der Waals surface area contributed by atoms with Crippen molar-refractivity contribution < 1.29 is 4.74 Å². The maximum absolute atomic E-state index is 8.79. The van der Waals surface area contributed by atoms with Gasteiger partial charge in [0.1, 0.15) is 17.5 Å². The van der Waals surface area contributed by atoms with Crippen molar-refractivity contribution in [2.24, 2.45) is 0 Å². The highest BCUT2D eigenvalue weighted by Crippen LogP contribution is 2.22. The molecule has 0 aliphatic carbocycles. The molecule has 0 radical (unpaired) electrons. The standard InChI is InChI=1S/C15H9N3O/c16-9-12-5-3-7-15(18-12)19-13-8-11-4-1-2-6-14(11)17-10-13/h1-8,10H. The van der Waals surface area contributed by atoms with Crippen LogP contribution in [0.2, 0.25) is 0 Å². The normalized spacial score (nSPS) is 10.1. The predicted molar refractivity (Wildman–Crippen MR) is 70.8 cm³/mol. The van der Waals surface area contributed by atoms with E-state index in [1.807, 2.05) is 36.4 Å². The maximum Gasteiger partial charge on any atom is 0.220 e. The Labute approximate surface area is 109 Å². The van der Waals surface area contributed by atoms with E-state index in [-0.39, 0.29) is 0 Å². The van der Waals surface area contributed by atoms with Gasteiger partial charge in [-0.2, -0.15) is 5.26 Å². The van der Waals surface area contributed by atoms with Gasteiger partial charge in [0.15, 0.2) is 0 Å². The van der Waals surface area contributed by atoms with E-state index in [1.165, 1.54) is 0 Å². The molecule has 0 aliphatic rings. The summed E-state index contributed by atoms with van der Waals surface area (Å²) in [5, 5.41) is 9.79. The number of aromatic nitrogens is 2. The number of para-hydroxylation sites is 1. The largest absolute Gasteiger partial charge is 0.437 e. The summed E-state index contributed by atoms with van der Waals surface area (Å²) in [6.45, 7) is 0. The second-order valence-corrected chi connectivity index (χ2v) is 3.94. The van der Waals surface area contributed by atoms with Gasteiger partial charge < -0.3 is 4.74 Å². The van der Waals surface area contributed by atoms with Gasteiger partial charge in [0, 0.05) is 11.5 Å². The number of pyridine rings is 2. The van der Waals surface area contributed by atoms with Crippen LogP contribution in [0.5, 0.6) is 11.6 Å². The Balaban J connectivity index is 1.94. The number of nitrogens with zero attached hydrogens (tertiary/aromatic N) is 3. The fraction of sp³-hybridized carbons (Fsp3) is 0. The Morgan fingerprint density at radius 1 is 1.05 bits per heavy atom. The van der Waals surface area contributed by atoms with E-state index < -0.39 is 0 Å². The van der Waals surface area contributed by atoms with Crippen LogP contribution < -0.4 is 4.74 Å². The second-order valence-electron chi connectivity index (χ2n) is 3.94. The van der Waals surface area contributed by atoms with E-state index in [0.717, 1.165) is 10.9 Å². The lowest BCUT2D eigenvalue weighted by molar-refractivity contribution is 0.461. The first-order valence-corrected chi connectivity index (χ1v) is 5.75. The molecule has 0 aliphatic heterocycles. The van der Waals surface area contributed by atoms with E-state index >= 15 is 0 Å². The van der Waals surface area contributed by atoms with Crippen molar-refractivity contribution in [3.63, 3.8) is 0 Å². The van der Waals surface area contributed by atoms with Crippen molar-refractivity contribution in [1.29, 1.82) is 5.26 Å². The van der Waals surface area contributed by atoms with Gasteiger partial charge in [-0.05, 0) is 18.2 Å². The number of fused-ring (bicyclic) bond motifs is 1. The van der Waals surface area contributed by atoms with Gasteiger partial charge in [0.2, 0.25) is 5.88 Å². The summed E-state index contributed by atoms with van der Waals surface area (Å²) in [6.07, 6.45) is 1.64. The van der Waals surface area contributed by atoms with Crippen LogP contribution in [-0.4, -0.2) is 9.97 Å². The monoisotopic (exact) mass is 247 g/mol. The van der Waals surface area contributed by atoms with Crippen molar-refractivity contribution in [3.8, 4) is 17.7 Å². The molecule has 2 heterocycles. The molecule has 0 fully saturated rings. The van der Waals surface area contributed by atoms with Crippen molar-refractivity contribution in [3.05, 3.63) is 60.4 Å². The van der Waals surface area contributed by atoms with Crippen LogP contribution in [0.3, 0.4) is 0 Å². The van der Waals surface area contributed by atoms with Crippen LogP contribution in [0.15, 0.2) is 54.7 Å². The molecule has 0 saturated heterocycles. The molecule has 0 unspecified atom stereocenters. The van der Waals surface area contributed by atoms with Crippen LogP contribution in [0.1, 0.15) is 5.69 Å². The molecule has 19 heavy (non-hydrogen) atoms. The van der Waals surface area contributed by atoms with Crippen LogP contribution in [0.4, 0.5) is 0 Å². The fourth-order valence-electron chi connectivity index (χ4n) is 1.76. The van der Waals surface area contributed by atoms with E-state index in [2.05, 4.69) is 9.97 Å². The first-order valence-electron chi connectivity index (χ1n) is 5.75. The number of ether oxygens (including phenoxy) is 1. The Morgan fingerprint density at radius 2 is 1.95 bits per heavy atom. The molecule has 2 aromatic heterocycles. The maximum atomic E-state index is 8.79. The number of hydrogen-bond donors (Lipinski definition) is 0. The minimum atomic E-state index is 0.325. The number of hydrogen-bond acceptors (Lipinski definition) is 4. The van der Waals surface area contributed by atoms with Crippen LogP contribution in [-0.2, 0) is 0 Å². The van der Waals surface area contributed by atoms with E-state index in [9.17, 15) is 0 Å². The lowest BCUT2D eigenvalue weighted by Crippen LogP contribution is -1.90. The molecular weight excluding hydrogens is 238 g/mol. The van der Waals surface area contributed by atoms with E-state index in [1.54, 1.807) is 24.4 Å². The highest BCUT2D eigenvalue weighted by molar-refractivity contribution is 5.79. The molecule has 0 atom stereocenters. The summed E-state index contributed by atoms with van der Waals surface area (Å²) < 4.78 is 5.60. The Hall–Kier alpha value is -2.93. The van der Waals surface area contributed by atoms with Gasteiger partial charge >= 0.3 is 0 Å². The number of rotatable bonds is 2. The molecule has 3 rings (SSSR count). The molecule has 0 bridgehead atoms. The molecule has 3 aromatic rings. The zero-order valence-electron chi connectivity index (χ0n) is 9.95. The summed E-state index contributed by atoms with van der Waals surface area (Å²) in [7, 11) is 0. The molecule has 90 valence electrons. The second kappa shape index (κ2) is 4.75. The van der Waals surface area contributed by atoms with Gasteiger partial charge in [0.25, 0.3) is 0 Å². The van der Waals surface area contributed by atoms with Gasteiger partial charge in [-0.1, -0.05) is 24.3 Å². The molecular formula is C15H9N3O. The molecule has 0 amide bonds. The lowest BCUT2D eigenvalue weighted by Gasteiger charge is -2.05. The third-order valence-corrected chi connectivity index (χ3v) is 2.63. The molecule has 0 spiro atoms. The average Bonchev–Trinajstić information content (AvgIpc) is 2.47. The summed E-state index contributed by atoms with van der Waals surface area (Å²) >= 11 is 0. The van der Waals surface area contributed by atoms with Crippen molar-refractivity contribution in [2.75, 3.05) is 0 Å². The minimum Gasteiger partial charge on any atom is -0.437 e. The van der Waals surface area contributed by atoms with E-state index in [0.29, 0.717) is 17.3 Å². The minimum absolute atomic E-state index is 0.325. The topological polar surface area (TPSA) is 58.8 Å². The van der Waals surface area contributed by atoms with Gasteiger partial charge in [0.05, 0.1) is 11.7 Å². The molecule has 4 nitrogen and oxygen atoms in total. The summed E-state index contributed by atoms with van der Waals surface area (Å²) in [5.41, 5.74) is 1.24. The summed E-state index contributed by atoms with van der Waals surface area (Å²) in [4.78, 5) is 8.36. The Kier molecular flexibility index (Phi) is 2.79. The van der Waals surface area contributed by atoms with Crippen LogP contribution in [0, 0.1) is 11.3 Å². The third kappa shape index (κ3) is 2.35. The summed E-state index contributed by atoms with van der Waals surface area (Å²) in [5.74, 6) is 0.984. The zero-order valence-corrected chi connectivity index (χ0v) is 9.95. The predicted octanol–water partition coefficient (Wildman–Crippen LogP) is 3.29. The fourth-order valence-corrected chi connectivity index (χ4v) is 1.76. The van der Waals surface area contributed by atoms with Crippen LogP contribution in [0.25, 0.3) is 10.9 Å². The summed E-state index contributed by atoms with van der Waals surface area (Å²) in [6, 6.07) is 16.7. The third-order valence-electron chi connectivity index (χ3n) is 2.63. The highest BCUT2D eigenvalue weighted by atomic mass is 16.5. The number of nitriles is 1. The lowest BCUT2D eigenvalue weighted by atomic mass is 10.2. The molecule has 0 N–H and O–H groups in total. The molecule has 1 aromatic carbocycles. The van der Waals surface area contributed by atoms with Gasteiger partial charge in [-0.15, -0.1) is 0 Å². The molecule has 4 heteroatoms. The van der Waals surface area contributed by atoms with Gasteiger partial charge in [-0.3, -0.25) is 4.98 Å². The molecule has 0 saturated carbocycles. The van der Waals surface area contributed by atoms with E-state index in [4.69, 9.17) is 10.00 Å². The Bertz CT molecular complexity index is 777. The zero-order chi connectivity index (χ0) is 13.1. The Morgan fingerprint density at radius 3 is 2.84 bits per heavy atom. The first kappa shape index (κ1) is 11.2. The first-order chi connectivity index (χ1) is 9.35. The average molecular weight is 247 g/mol. The van der Waals surface area contributed by atoms with Crippen LogP contribution >= 0.6 is 0 Å².